The monoisotopic (exact) mass is 524 g/mol. The molecule has 2 aliphatic rings. The maximum absolute atomic E-state index is 13.9. The first-order chi connectivity index (χ1) is 18.6. The minimum absolute atomic E-state index is 0.0762. The number of allylic oxidation sites excluding steroid dienone is 1. The van der Waals surface area contributed by atoms with E-state index < -0.39 is 0 Å². The lowest BCUT2D eigenvalue weighted by Gasteiger charge is -2.30. The molecule has 0 fully saturated rings. The lowest BCUT2D eigenvalue weighted by Crippen LogP contribution is -2.38. The number of fused-ring (bicyclic) bond motifs is 3. The Morgan fingerprint density at radius 1 is 1.03 bits per heavy atom. The second-order valence-electron chi connectivity index (χ2n) is 9.28. The number of hydrogen-bond donors (Lipinski definition) is 1. The zero-order chi connectivity index (χ0) is 26.2. The Labute approximate surface area is 224 Å². The maximum Gasteiger partial charge on any atom is 0.271 e. The Morgan fingerprint density at radius 2 is 1.82 bits per heavy atom. The third-order valence-electron chi connectivity index (χ3n) is 6.96. The highest BCUT2D eigenvalue weighted by Gasteiger charge is 2.32. The Morgan fingerprint density at radius 3 is 2.61 bits per heavy atom. The van der Waals surface area contributed by atoms with Crippen molar-refractivity contribution in [1.29, 1.82) is 0 Å². The standard InChI is InChI=1S/C31H28N2O4S/c1-3-36-22-13-10-21(11-14-22)29-24-15-12-20-7-5-6-8-23(20)28(24)32-31-33(29)30(35)27(38-31)18-19-9-16-25(34)26(17-19)37-4-2/h5-11,13-14,16-18,29,34H,3-4,12,15H2,1-2H3. The zero-order valence-electron chi connectivity index (χ0n) is 21.3. The van der Waals surface area contributed by atoms with Gasteiger partial charge in [0.15, 0.2) is 16.3 Å². The predicted octanol–water partition coefficient (Wildman–Crippen LogP) is 4.82. The van der Waals surface area contributed by atoms with Crippen molar-refractivity contribution < 1.29 is 14.6 Å². The van der Waals surface area contributed by atoms with Gasteiger partial charge in [-0.2, -0.15) is 0 Å². The molecule has 0 bridgehead atoms. The number of hydrogen-bond acceptors (Lipinski definition) is 6. The van der Waals surface area contributed by atoms with Gasteiger partial charge in [-0.3, -0.25) is 9.36 Å². The molecule has 4 aromatic rings. The van der Waals surface area contributed by atoms with E-state index in [9.17, 15) is 9.90 Å². The largest absolute Gasteiger partial charge is 0.504 e. The number of phenols is 1. The lowest BCUT2D eigenvalue weighted by molar-refractivity contribution is 0.318. The van der Waals surface area contributed by atoms with Gasteiger partial charge in [-0.05, 0) is 79.3 Å². The number of aromatic nitrogens is 1. The van der Waals surface area contributed by atoms with Gasteiger partial charge in [-0.15, -0.1) is 0 Å². The van der Waals surface area contributed by atoms with Crippen LogP contribution in [0.2, 0.25) is 0 Å². The van der Waals surface area contributed by atoms with Crippen LogP contribution in [0, 0.1) is 0 Å². The molecule has 2 heterocycles. The first-order valence-corrected chi connectivity index (χ1v) is 13.7. The van der Waals surface area contributed by atoms with Crippen LogP contribution < -0.4 is 24.4 Å². The van der Waals surface area contributed by atoms with E-state index in [1.807, 2.05) is 42.7 Å². The molecule has 1 aliphatic carbocycles. The molecule has 0 saturated carbocycles. The van der Waals surface area contributed by atoms with Crippen LogP contribution in [0.15, 0.2) is 82.1 Å². The number of thiazole rings is 1. The molecule has 38 heavy (non-hydrogen) atoms. The average molecular weight is 525 g/mol. The van der Waals surface area contributed by atoms with E-state index in [0.717, 1.165) is 46.6 Å². The Kier molecular flexibility index (Phi) is 6.37. The fourth-order valence-corrected chi connectivity index (χ4v) is 6.28. The van der Waals surface area contributed by atoms with Gasteiger partial charge in [-0.1, -0.05) is 53.8 Å². The van der Waals surface area contributed by atoms with E-state index >= 15 is 0 Å². The van der Waals surface area contributed by atoms with Crippen LogP contribution in [0.4, 0.5) is 0 Å². The fraction of sp³-hybridized carbons (Fsp3) is 0.226. The molecule has 7 heteroatoms. The van der Waals surface area contributed by atoms with E-state index in [1.165, 1.54) is 16.9 Å². The quantitative estimate of drug-likeness (QED) is 0.393. The summed E-state index contributed by atoms with van der Waals surface area (Å²) in [7, 11) is 0. The van der Waals surface area contributed by atoms with Crippen LogP contribution in [0.3, 0.4) is 0 Å². The molecule has 3 aromatic carbocycles. The third-order valence-corrected chi connectivity index (χ3v) is 7.94. The van der Waals surface area contributed by atoms with Gasteiger partial charge in [0.1, 0.15) is 5.75 Å². The van der Waals surface area contributed by atoms with Crippen molar-refractivity contribution in [2.24, 2.45) is 4.99 Å². The van der Waals surface area contributed by atoms with Gasteiger partial charge < -0.3 is 14.6 Å². The maximum atomic E-state index is 13.9. The van der Waals surface area contributed by atoms with E-state index in [2.05, 4.69) is 30.3 Å². The van der Waals surface area contributed by atoms with Gasteiger partial charge in [-0.25, -0.2) is 4.99 Å². The molecule has 0 radical (unpaired) electrons. The minimum atomic E-state index is -0.244. The molecular weight excluding hydrogens is 496 g/mol. The molecule has 6 nitrogen and oxygen atoms in total. The van der Waals surface area contributed by atoms with Gasteiger partial charge in [0.2, 0.25) is 0 Å². The second-order valence-corrected chi connectivity index (χ2v) is 10.3. The summed E-state index contributed by atoms with van der Waals surface area (Å²) in [6, 6.07) is 21.3. The molecule has 0 spiro atoms. The minimum Gasteiger partial charge on any atom is -0.504 e. The van der Waals surface area contributed by atoms with Crippen LogP contribution in [-0.4, -0.2) is 22.9 Å². The van der Waals surface area contributed by atoms with Gasteiger partial charge >= 0.3 is 0 Å². The summed E-state index contributed by atoms with van der Waals surface area (Å²) in [4.78, 5) is 19.7. The van der Waals surface area contributed by atoms with Crippen LogP contribution in [0.25, 0.3) is 11.8 Å². The molecule has 0 saturated heterocycles. The Balaban J connectivity index is 1.55. The molecular formula is C31H28N2O4S. The lowest BCUT2D eigenvalue weighted by atomic mass is 9.83. The van der Waals surface area contributed by atoms with Crippen molar-refractivity contribution in [1.82, 2.24) is 4.57 Å². The first-order valence-electron chi connectivity index (χ1n) is 12.9. The van der Waals surface area contributed by atoms with Gasteiger partial charge in [0, 0.05) is 5.56 Å². The van der Waals surface area contributed by atoms with Crippen molar-refractivity contribution in [3.05, 3.63) is 114 Å². The second kappa shape index (κ2) is 9.99. The predicted molar refractivity (Wildman–Crippen MR) is 150 cm³/mol. The van der Waals surface area contributed by atoms with Crippen LogP contribution in [0.5, 0.6) is 17.2 Å². The van der Waals surface area contributed by atoms with E-state index in [1.54, 1.807) is 18.2 Å². The molecule has 1 unspecified atom stereocenters. The number of aromatic hydroxyl groups is 1. The molecule has 1 aromatic heterocycles. The number of rotatable bonds is 6. The number of aryl methyl sites for hydroxylation is 1. The summed E-state index contributed by atoms with van der Waals surface area (Å²) in [6.45, 7) is 4.87. The highest BCUT2D eigenvalue weighted by atomic mass is 32.1. The highest BCUT2D eigenvalue weighted by Crippen LogP contribution is 2.41. The first kappa shape index (κ1) is 24.2. The SMILES string of the molecule is CCOc1ccc(C2C3=C(N=c4sc(=Cc5ccc(O)c(OCC)c5)c(=O)n42)c2ccccc2CC3)cc1. The number of phenolic OH excluding ortho intramolecular Hbond substituents is 1. The molecule has 1 aliphatic heterocycles. The van der Waals surface area contributed by atoms with Crippen molar-refractivity contribution in [3.63, 3.8) is 0 Å². The summed E-state index contributed by atoms with van der Waals surface area (Å²) < 4.78 is 13.6. The Hall–Kier alpha value is -4.10. The molecule has 6 rings (SSSR count). The van der Waals surface area contributed by atoms with Gasteiger partial charge in [0.05, 0.1) is 29.5 Å². The van der Waals surface area contributed by atoms with E-state index in [4.69, 9.17) is 14.5 Å². The summed E-state index contributed by atoms with van der Waals surface area (Å²) >= 11 is 1.39. The summed E-state index contributed by atoms with van der Waals surface area (Å²) in [5.74, 6) is 1.28. The van der Waals surface area contributed by atoms with Crippen molar-refractivity contribution in [2.75, 3.05) is 13.2 Å². The Bertz CT molecular complexity index is 1730. The van der Waals surface area contributed by atoms with Crippen molar-refractivity contribution in [3.8, 4) is 17.2 Å². The smallest absolute Gasteiger partial charge is 0.271 e. The van der Waals surface area contributed by atoms with Crippen LogP contribution in [0.1, 0.15) is 48.6 Å². The van der Waals surface area contributed by atoms with Gasteiger partial charge in [0.25, 0.3) is 5.56 Å². The number of ether oxygens (including phenoxy) is 2. The van der Waals surface area contributed by atoms with Crippen LogP contribution >= 0.6 is 11.3 Å². The average Bonchev–Trinajstić information content (AvgIpc) is 3.24. The summed E-state index contributed by atoms with van der Waals surface area (Å²) in [6.07, 6.45) is 3.60. The molecule has 192 valence electrons. The van der Waals surface area contributed by atoms with Crippen molar-refractivity contribution in [2.45, 2.75) is 32.7 Å². The molecule has 1 atom stereocenters. The molecule has 0 amide bonds. The highest BCUT2D eigenvalue weighted by molar-refractivity contribution is 7.07. The third kappa shape index (κ3) is 4.23. The van der Waals surface area contributed by atoms with E-state index in [0.29, 0.717) is 28.3 Å². The summed E-state index contributed by atoms with van der Waals surface area (Å²) in [5, 5.41) is 10.1. The summed E-state index contributed by atoms with van der Waals surface area (Å²) in [5.41, 5.74) is 6.30. The zero-order valence-corrected chi connectivity index (χ0v) is 22.1. The number of nitrogens with zero attached hydrogens (tertiary/aromatic N) is 2. The topological polar surface area (TPSA) is 73.1 Å². The molecule has 1 N–H and O–H groups in total. The van der Waals surface area contributed by atoms with Crippen LogP contribution in [-0.2, 0) is 6.42 Å². The van der Waals surface area contributed by atoms with Crippen molar-refractivity contribution >= 4 is 23.1 Å². The van der Waals surface area contributed by atoms with E-state index in [-0.39, 0.29) is 17.4 Å². The fourth-order valence-electron chi connectivity index (χ4n) is 5.28. The normalized spacial score (nSPS) is 16.4. The number of benzene rings is 3.